The van der Waals surface area contributed by atoms with Crippen molar-refractivity contribution in [1.82, 2.24) is 0 Å². The summed E-state index contributed by atoms with van der Waals surface area (Å²) in [7, 11) is 0. The quantitative estimate of drug-likeness (QED) is 0.444. The molecule has 0 fully saturated rings. The topological polar surface area (TPSA) is 52.3 Å². The number of para-hydroxylation sites is 1. The lowest BCUT2D eigenvalue weighted by Crippen LogP contribution is -2.03. The van der Waals surface area contributed by atoms with E-state index in [0.29, 0.717) is 28.3 Å². The van der Waals surface area contributed by atoms with E-state index in [4.69, 9.17) is 16.9 Å². The smallest absolute Gasteiger partial charge is 0.196 e. The summed E-state index contributed by atoms with van der Waals surface area (Å²) in [4.78, 5) is 12.8. The fourth-order valence-electron chi connectivity index (χ4n) is 2.32. The fraction of sp³-hybridized carbons (Fsp3) is 0. The summed E-state index contributed by atoms with van der Waals surface area (Å²) in [6, 6.07) is 21.1. The van der Waals surface area contributed by atoms with Gasteiger partial charge in [0, 0.05) is 22.9 Å². The monoisotopic (exact) mass is 313 g/mol. The van der Waals surface area contributed by atoms with Crippen LogP contribution in [-0.2, 0) is 0 Å². The third-order valence-electron chi connectivity index (χ3n) is 3.53. The summed E-state index contributed by atoms with van der Waals surface area (Å²) in [6.45, 7) is 0. The third kappa shape index (κ3) is 3.29. The third-order valence-corrected chi connectivity index (χ3v) is 3.53. The van der Waals surface area contributed by atoms with Crippen molar-refractivity contribution >= 4 is 11.5 Å². The van der Waals surface area contributed by atoms with Crippen LogP contribution in [0.3, 0.4) is 0 Å². The van der Waals surface area contributed by atoms with E-state index < -0.39 is 0 Å². The van der Waals surface area contributed by atoms with Gasteiger partial charge in [-0.25, -0.2) is 0 Å². The van der Waals surface area contributed by atoms with Crippen LogP contribution in [0.2, 0.25) is 0 Å². The second-order valence-corrected chi connectivity index (χ2v) is 5.22. The number of nitrogen functional groups attached to an aromatic ring is 1. The predicted molar refractivity (Wildman–Crippen MR) is 95.2 cm³/mol. The van der Waals surface area contributed by atoms with Crippen molar-refractivity contribution in [2.45, 2.75) is 0 Å². The zero-order valence-corrected chi connectivity index (χ0v) is 12.9. The van der Waals surface area contributed by atoms with Gasteiger partial charge in [0.2, 0.25) is 0 Å². The first-order valence-electron chi connectivity index (χ1n) is 7.41. The van der Waals surface area contributed by atoms with Crippen LogP contribution in [0.25, 0.3) is 0 Å². The highest BCUT2D eigenvalue weighted by molar-refractivity contribution is 6.10. The van der Waals surface area contributed by atoms with E-state index >= 15 is 0 Å². The molecule has 3 heteroatoms. The van der Waals surface area contributed by atoms with Crippen LogP contribution in [0.1, 0.15) is 21.5 Å². The van der Waals surface area contributed by atoms with Gasteiger partial charge in [0.1, 0.15) is 11.5 Å². The Morgan fingerprint density at radius 2 is 1.71 bits per heavy atom. The Morgan fingerprint density at radius 3 is 2.42 bits per heavy atom. The van der Waals surface area contributed by atoms with E-state index in [-0.39, 0.29) is 5.78 Å². The summed E-state index contributed by atoms with van der Waals surface area (Å²) in [5.41, 5.74) is 8.13. The minimum atomic E-state index is -0.127. The number of anilines is 1. The van der Waals surface area contributed by atoms with E-state index in [1.54, 1.807) is 66.7 Å². The van der Waals surface area contributed by atoms with Crippen molar-refractivity contribution in [3.8, 4) is 23.8 Å². The van der Waals surface area contributed by atoms with E-state index in [2.05, 4.69) is 5.92 Å². The van der Waals surface area contributed by atoms with Crippen molar-refractivity contribution < 1.29 is 9.53 Å². The van der Waals surface area contributed by atoms with Gasteiger partial charge in [-0.3, -0.25) is 4.79 Å². The highest BCUT2D eigenvalue weighted by atomic mass is 16.5. The van der Waals surface area contributed by atoms with E-state index in [1.807, 2.05) is 6.07 Å². The summed E-state index contributed by atoms with van der Waals surface area (Å²) in [5, 5.41) is 0. The molecule has 3 rings (SSSR count). The minimum absolute atomic E-state index is 0.127. The molecule has 0 aliphatic carbocycles. The Labute approximate surface area is 140 Å². The van der Waals surface area contributed by atoms with Crippen molar-refractivity contribution in [3.63, 3.8) is 0 Å². The molecule has 3 aromatic carbocycles. The van der Waals surface area contributed by atoms with Gasteiger partial charge in [-0.1, -0.05) is 24.1 Å². The molecule has 3 aromatic rings. The second kappa shape index (κ2) is 6.72. The van der Waals surface area contributed by atoms with Crippen molar-refractivity contribution in [2.24, 2.45) is 0 Å². The molecule has 0 unspecified atom stereocenters. The Bertz CT molecular complexity index is 921. The van der Waals surface area contributed by atoms with Gasteiger partial charge in [0.25, 0.3) is 0 Å². The molecule has 0 saturated carbocycles. The summed E-state index contributed by atoms with van der Waals surface area (Å²) in [6.07, 6.45) is 5.34. The lowest BCUT2D eigenvalue weighted by molar-refractivity contribution is 0.103. The maximum absolute atomic E-state index is 12.8. The molecule has 0 aliphatic heterocycles. The van der Waals surface area contributed by atoms with Crippen molar-refractivity contribution in [3.05, 3.63) is 89.5 Å². The number of ketones is 1. The first-order chi connectivity index (χ1) is 11.7. The van der Waals surface area contributed by atoms with Crippen LogP contribution in [0.4, 0.5) is 5.69 Å². The number of carbonyl (C=O) groups is 1. The van der Waals surface area contributed by atoms with Crippen LogP contribution in [0.15, 0.2) is 72.8 Å². The summed E-state index contributed by atoms with van der Waals surface area (Å²) >= 11 is 0. The Kier molecular flexibility index (Phi) is 4.31. The van der Waals surface area contributed by atoms with Crippen LogP contribution in [-0.4, -0.2) is 5.78 Å². The molecular weight excluding hydrogens is 298 g/mol. The average molecular weight is 313 g/mol. The lowest BCUT2D eigenvalue weighted by Gasteiger charge is -2.11. The second-order valence-electron chi connectivity index (χ2n) is 5.22. The number of rotatable bonds is 4. The molecule has 0 bridgehead atoms. The summed E-state index contributed by atoms with van der Waals surface area (Å²) in [5.74, 6) is 3.47. The predicted octanol–water partition coefficient (Wildman–Crippen LogP) is 4.27. The number of carbonyl (C=O) groups excluding carboxylic acids is 1. The lowest BCUT2D eigenvalue weighted by atomic mass is 10.0. The molecule has 116 valence electrons. The standard InChI is InChI=1S/C21H15NO2/c1-2-15-10-12-16(13-11-15)21(23)19-8-3-4-9-20(19)24-18-7-5-6-17(22)14-18/h1,3-14H,22H2. The summed E-state index contributed by atoms with van der Waals surface area (Å²) < 4.78 is 5.84. The number of benzene rings is 3. The van der Waals surface area contributed by atoms with Crippen LogP contribution in [0, 0.1) is 12.3 Å². The fourth-order valence-corrected chi connectivity index (χ4v) is 2.32. The van der Waals surface area contributed by atoms with Crippen molar-refractivity contribution in [2.75, 3.05) is 5.73 Å². The first-order valence-corrected chi connectivity index (χ1v) is 7.41. The number of terminal acetylenes is 1. The van der Waals surface area contributed by atoms with Gasteiger partial charge in [-0.05, 0) is 48.5 Å². The molecule has 0 aliphatic rings. The number of hydrogen-bond donors (Lipinski definition) is 1. The van der Waals surface area contributed by atoms with Gasteiger partial charge >= 0.3 is 0 Å². The molecule has 0 aromatic heterocycles. The van der Waals surface area contributed by atoms with Gasteiger partial charge in [-0.15, -0.1) is 6.42 Å². The molecule has 3 nitrogen and oxygen atoms in total. The molecular formula is C21H15NO2. The largest absolute Gasteiger partial charge is 0.457 e. The number of ether oxygens (including phenoxy) is 1. The minimum Gasteiger partial charge on any atom is -0.457 e. The molecule has 0 atom stereocenters. The molecule has 0 amide bonds. The zero-order chi connectivity index (χ0) is 16.9. The van der Waals surface area contributed by atoms with E-state index in [0.717, 1.165) is 5.56 Å². The highest BCUT2D eigenvalue weighted by Crippen LogP contribution is 2.28. The molecule has 24 heavy (non-hydrogen) atoms. The molecule has 0 radical (unpaired) electrons. The Hall–Kier alpha value is -3.51. The maximum Gasteiger partial charge on any atom is 0.196 e. The van der Waals surface area contributed by atoms with Gasteiger partial charge in [-0.2, -0.15) is 0 Å². The van der Waals surface area contributed by atoms with E-state index in [1.165, 1.54) is 0 Å². The van der Waals surface area contributed by atoms with Crippen LogP contribution >= 0.6 is 0 Å². The SMILES string of the molecule is C#Cc1ccc(C(=O)c2ccccc2Oc2cccc(N)c2)cc1. The average Bonchev–Trinajstić information content (AvgIpc) is 2.62. The molecule has 0 spiro atoms. The Balaban J connectivity index is 1.93. The maximum atomic E-state index is 12.8. The number of hydrogen-bond acceptors (Lipinski definition) is 3. The normalized spacial score (nSPS) is 9.96. The van der Waals surface area contributed by atoms with E-state index in [9.17, 15) is 4.79 Å². The number of nitrogens with two attached hydrogens (primary N) is 1. The zero-order valence-electron chi connectivity index (χ0n) is 12.9. The van der Waals surface area contributed by atoms with Crippen LogP contribution < -0.4 is 10.5 Å². The van der Waals surface area contributed by atoms with Gasteiger partial charge in [0.05, 0.1) is 5.56 Å². The molecule has 0 saturated heterocycles. The van der Waals surface area contributed by atoms with Crippen LogP contribution in [0.5, 0.6) is 11.5 Å². The molecule has 2 N–H and O–H groups in total. The van der Waals surface area contributed by atoms with Gasteiger partial charge < -0.3 is 10.5 Å². The highest BCUT2D eigenvalue weighted by Gasteiger charge is 2.15. The Morgan fingerprint density at radius 1 is 0.958 bits per heavy atom. The van der Waals surface area contributed by atoms with Gasteiger partial charge in [0.15, 0.2) is 5.78 Å². The molecule has 0 heterocycles. The van der Waals surface area contributed by atoms with Crippen molar-refractivity contribution in [1.29, 1.82) is 0 Å². The first kappa shape index (κ1) is 15.4.